The van der Waals surface area contributed by atoms with Crippen LogP contribution in [0.4, 0.5) is 10.5 Å². The van der Waals surface area contributed by atoms with Crippen molar-refractivity contribution in [2.75, 3.05) is 18.1 Å². The number of rotatable bonds is 24. The predicted molar refractivity (Wildman–Crippen MR) is 330 cm³/mol. The van der Waals surface area contributed by atoms with Crippen LogP contribution in [0, 0.1) is 18.3 Å². The van der Waals surface area contributed by atoms with E-state index in [0.29, 0.717) is 44.9 Å². The van der Waals surface area contributed by atoms with Gasteiger partial charge in [-0.05, 0) is 119 Å². The number of hydrogen-bond donors (Lipinski definition) is 4. The minimum Gasteiger partial charge on any atom is -0.449 e. The average Bonchev–Trinajstić information content (AvgIpc) is 2.36. The number of carbonyl (C=O) groups is 7. The van der Waals surface area contributed by atoms with E-state index in [9.17, 15) is 38.7 Å². The number of aliphatic hydroxyl groups excluding tert-OH is 1. The summed E-state index contributed by atoms with van der Waals surface area (Å²) in [6.07, 6.45) is 1.64. The summed E-state index contributed by atoms with van der Waals surface area (Å²) in [6, 6.07) is 34.5. The van der Waals surface area contributed by atoms with Crippen LogP contribution in [0.5, 0.6) is 0 Å². The van der Waals surface area contributed by atoms with Crippen LogP contribution < -0.4 is 21.3 Å². The normalized spacial score (nSPS) is 19.0. The van der Waals surface area contributed by atoms with Gasteiger partial charge in [-0.15, -0.1) is 11.3 Å². The van der Waals surface area contributed by atoms with Gasteiger partial charge in [-0.25, -0.2) is 9.78 Å². The lowest BCUT2D eigenvalue weighted by atomic mass is 9.85. The first kappa shape index (κ1) is 61.2. The molecule has 5 aromatic carbocycles. The first-order valence-corrected chi connectivity index (χ1v) is 31.0. The Balaban J connectivity index is 0.700. The van der Waals surface area contributed by atoms with Gasteiger partial charge in [0.05, 0.1) is 52.7 Å². The van der Waals surface area contributed by atoms with Crippen LogP contribution in [-0.2, 0) is 70.5 Å². The first-order valence-electron chi connectivity index (χ1n) is 30.2. The highest BCUT2D eigenvalue weighted by Gasteiger charge is 2.46. The van der Waals surface area contributed by atoms with Gasteiger partial charge in [0.25, 0.3) is 0 Å². The monoisotopic (exact) mass is 1180 g/mol. The maximum absolute atomic E-state index is 14.6. The van der Waals surface area contributed by atoms with Crippen molar-refractivity contribution in [2.24, 2.45) is 17.1 Å². The van der Waals surface area contributed by atoms with Gasteiger partial charge >= 0.3 is 6.09 Å². The highest BCUT2D eigenvalue weighted by Crippen LogP contribution is 2.45. The average molecular weight is 1180 g/mol. The summed E-state index contributed by atoms with van der Waals surface area (Å²) in [4.78, 5) is 105. The molecule has 0 spiro atoms. The molecule has 4 aliphatic rings. The van der Waals surface area contributed by atoms with Gasteiger partial charge < -0.3 is 35.8 Å². The molecule has 1 aliphatic carbocycles. The van der Waals surface area contributed by atoms with E-state index in [1.807, 2.05) is 143 Å². The van der Waals surface area contributed by atoms with Crippen molar-refractivity contribution in [3.8, 4) is 21.6 Å². The SMILES string of the molecule is Cc1ncsc1-c1ccc(CCC(=O)[C@@H]2C[C@@H](O)CN2C(=O)[C@@H](NC(=O)CCCc2ccc(CO[C@H](C)[C@H](CCC(N)=O)CC(=O)[C@@H]3Cc4cccc5c4N3C(=O)[C@@H](NC(=O)OCC3c4ccccc4-c4ccccc43)CC5)cc2)C(C)(C)C)cc1. The number of aliphatic hydroxyl groups is 1. The van der Waals surface area contributed by atoms with E-state index >= 15 is 0 Å². The Bertz CT molecular complexity index is 3440. The topological polar surface area (TPSA) is 228 Å². The van der Waals surface area contributed by atoms with E-state index < -0.39 is 59.7 Å². The molecule has 0 radical (unpaired) electrons. The number of hydrogen-bond acceptors (Lipinski definition) is 12. The molecular formula is C69H78N6O10S. The Morgan fingerprint density at radius 3 is 2.14 bits per heavy atom. The fraction of sp³-hybridized carbons (Fsp3) is 0.420. The Labute approximate surface area is 507 Å². The molecule has 1 aromatic heterocycles. The van der Waals surface area contributed by atoms with Crippen LogP contribution >= 0.6 is 11.3 Å². The Morgan fingerprint density at radius 1 is 0.802 bits per heavy atom. The molecule has 16 nitrogen and oxygen atoms in total. The Kier molecular flexibility index (Phi) is 19.1. The number of Topliss-reactive ketones (excluding diaryl/α,β-unsaturated/α-hetero) is 2. The zero-order valence-corrected chi connectivity index (χ0v) is 50.5. The number of aromatic nitrogens is 1. The third kappa shape index (κ3) is 14.0. The molecule has 0 bridgehead atoms. The lowest BCUT2D eigenvalue weighted by Crippen LogP contribution is -2.56. The van der Waals surface area contributed by atoms with Crippen molar-refractivity contribution >= 4 is 58.3 Å². The second-order valence-corrected chi connectivity index (χ2v) is 25.6. The molecular weight excluding hydrogens is 1100 g/mol. The molecule has 450 valence electrons. The number of carbonyl (C=O) groups excluding carboxylic acids is 7. The first-order chi connectivity index (χ1) is 41.3. The lowest BCUT2D eigenvalue weighted by Gasteiger charge is -2.35. The van der Waals surface area contributed by atoms with Crippen LogP contribution in [0.2, 0.25) is 0 Å². The number of thiazole rings is 1. The number of alkyl carbamates (subject to hydrolysis) is 1. The van der Waals surface area contributed by atoms with Gasteiger partial charge in [-0.2, -0.15) is 0 Å². The molecule has 86 heavy (non-hydrogen) atoms. The Hall–Kier alpha value is -7.86. The largest absolute Gasteiger partial charge is 0.449 e. The quantitative estimate of drug-likeness (QED) is 0.0446. The van der Waals surface area contributed by atoms with Gasteiger partial charge in [-0.3, -0.25) is 33.7 Å². The zero-order chi connectivity index (χ0) is 60.8. The molecule has 5 amide bonds. The molecule has 4 heterocycles. The maximum atomic E-state index is 14.6. The number of nitrogens with two attached hydrogens (primary N) is 1. The van der Waals surface area contributed by atoms with E-state index in [4.69, 9.17) is 15.2 Å². The number of ether oxygens (including phenoxy) is 2. The molecule has 7 atom stereocenters. The highest BCUT2D eigenvalue weighted by atomic mass is 32.1. The summed E-state index contributed by atoms with van der Waals surface area (Å²) in [5.41, 5.74) is 18.6. The maximum Gasteiger partial charge on any atom is 0.407 e. The number of para-hydroxylation sites is 1. The number of nitrogens with zero attached hydrogens (tertiary/aromatic N) is 3. The number of aryl methyl sites for hydroxylation is 4. The summed E-state index contributed by atoms with van der Waals surface area (Å²) in [5.74, 6) is -2.39. The van der Waals surface area contributed by atoms with Gasteiger partial charge in [0.15, 0.2) is 11.6 Å². The summed E-state index contributed by atoms with van der Waals surface area (Å²) in [7, 11) is 0. The van der Waals surface area contributed by atoms with Crippen molar-refractivity contribution in [1.82, 2.24) is 20.5 Å². The molecule has 17 heteroatoms. The lowest BCUT2D eigenvalue weighted by molar-refractivity contribution is -0.143. The summed E-state index contributed by atoms with van der Waals surface area (Å²) < 4.78 is 12.3. The minimum absolute atomic E-state index is 0.0190. The summed E-state index contributed by atoms with van der Waals surface area (Å²) >= 11 is 1.58. The molecule has 0 saturated carbocycles. The number of likely N-dealkylation sites (tertiary alicyclic amines) is 1. The van der Waals surface area contributed by atoms with Crippen LogP contribution in [0.3, 0.4) is 0 Å². The molecule has 1 saturated heterocycles. The molecule has 3 aliphatic heterocycles. The second-order valence-electron chi connectivity index (χ2n) is 24.7. The molecule has 10 rings (SSSR count). The number of anilines is 1. The van der Waals surface area contributed by atoms with E-state index in [1.165, 1.54) is 4.90 Å². The van der Waals surface area contributed by atoms with E-state index in [-0.39, 0.29) is 87.1 Å². The smallest absolute Gasteiger partial charge is 0.407 e. The van der Waals surface area contributed by atoms with Crippen molar-refractivity contribution < 1.29 is 48.1 Å². The van der Waals surface area contributed by atoms with Gasteiger partial charge in [0.1, 0.15) is 18.7 Å². The third-order valence-electron chi connectivity index (χ3n) is 17.7. The highest BCUT2D eigenvalue weighted by molar-refractivity contribution is 7.13. The summed E-state index contributed by atoms with van der Waals surface area (Å²) in [5, 5.41) is 16.6. The van der Waals surface area contributed by atoms with Crippen LogP contribution in [0.25, 0.3) is 21.6 Å². The van der Waals surface area contributed by atoms with Gasteiger partial charge in [-0.1, -0.05) is 136 Å². The molecule has 1 fully saturated rings. The number of amides is 5. The summed E-state index contributed by atoms with van der Waals surface area (Å²) in [6.45, 7) is 9.81. The van der Waals surface area contributed by atoms with Crippen molar-refractivity contribution in [3.63, 3.8) is 0 Å². The van der Waals surface area contributed by atoms with Crippen LogP contribution in [-0.4, -0.2) is 106 Å². The minimum atomic E-state index is -0.932. The number of ketones is 2. The van der Waals surface area contributed by atoms with Crippen molar-refractivity contribution in [2.45, 2.75) is 161 Å². The van der Waals surface area contributed by atoms with Crippen LogP contribution in [0.15, 0.2) is 121 Å². The standard InChI is InChI=1S/C69H78N6O10S/c1-41-64(86-40-71-41)47-27-24-44(25-28-47)26-32-59(77)57-36-50(76)37-74(57)67(82)65(69(3,4)5)73-62(80)19-10-12-43-20-22-45(23-21-43)38-84-42(2)48(30-33-61(70)79)35-60(78)58-34-49-14-11-13-46-29-31-56(66(81)75(58)63(46)49)72-68(83)85-39-55-53-17-8-6-15-51(53)52-16-7-9-18-54(52)55/h6-9,11,13-18,20-25,27-28,40,42,48,50,55-58,65,76H,10,12,19,26,29-39H2,1-5H3,(H2,70,79)(H,72,83)(H,73,80)/t42-,48-,50-,56+,57+,58+,65-/m1/s1. The number of nitrogens with one attached hydrogen (secondary N) is 2. The number of β-amino-alcohol motifs (C(OH)–C–C–N with tert-alkyl or cyclic N) is 1. The zero-order valence-electron chi connectivity index (χ0n) is 49.7. The number of primary amides is 1. The van der Waals surface area contributed by atoms with E-state index in [2.05, 4.69) is 27.8 Å². The number of fused-ring (bicyclic) bond motifs is 3. The fourth-order valence-electron chi connectivity index (χ4n) is 12.9. The van der Waals surface area contributed by atoms with Crippen molar-refractivity contribution in [3.05, 3.63) is 165 Å². The third-order valence-corrected chi connectivity index (χ3v) is 18.7. The van der Waals surface area contributed by atoms with Gasteiger partial charge in [0.2, 0.25) is 23.6 Å². The molecule has 5 N–H and O–H groups in total. The van der Waals surface area contributed by atoms with Crippen LogP contribution in [0.1, 0.15) is 130 Å². The predicted octanol–water partition coefficient (Wildman–Crippen LogP) is 9.69. The van der Waals surface area contributed by atoms with E-state index in [1.54, 1.807) is 16.2 Å². The number of benzene rings is 5. The molecule has 0 unspecified atom stereocenters. The second kappa shape index (κ2) is 26.8. The Morgan fingerprint density at radius 2 is 1.47 bits per heavy atom. The van der Waals surface area contributed by atoms with Gasteiger partial charge in [0, 0.05) is 51.0 Å². The van der Waals surface area contributed by atoms with Crippen molar-refractivity contribution in [1.29, 1.82) is 0 Å². The fourth-order valence-corrected chi connectivity index (χ4v) is 13.7. The van der Waals surface area contributed by atoms with E-state index in [0.717, 1.165) is 71.9 Å². The molecule has 6 aromatic rings.